The van der Waals surface area contributed by atoms with Crippen LogP contribution < -0.4 is 5.32 Å². The average Bonchev–Trinajstić information content (AvgIpc) is 2.92. The number of carbonyl (C=O) groups is 1. The van der Waals surface area contributed by atoms with Gasteiger partial charge in [-0.3, -0.25) is 4.79 Å². The molecule has 4 nitrogen and oxygen atoms in total. The Hall–Kier alpha value is -1.98. The number of thioether (sulfide) groups is 1. The van der Waals surface area contributed by atoms with Crippen LogP contribution in [0.1, 0.15) is 18.9 Å². The molecule has 3 aromatic rings. The lowest BCUT2D eigenvalue weighted by Crippen LogP contribution is -2.15. The number of nitrogens with zero attached hydrogens (tertiary/aromatic N) is 2. The van der Waals surface area contributed by atoms with E-state index in [0.717, 1.165) is 40.4 Å². The first kappa shape index (κ1) is 17.8. The molecule has 130 valence electrons. The molecule has 0 bridgehead atoms. The monoisotopic (exact) mass is 373 g/mol. The van der Waals surface area contributed by atoms with Crippen LogP contribution in [-0.2, 0) is 11.3 Å². The van der Waals surface area contributed by atoms with Crippen LogP contribution in [0.25, 0.3) is 11.0 Å². The maximum atomic E-state index is 12.3. The number of anilines is 1. The number of halogens is 1. The van der Waals surface area contributed by atoms with Crippen molar-refractivity contribution < 1.29 is 4.79 Å². The van der Waals surface area contributed by atoms with Crippen molar-refractivity contribution in [3.8, 4) is 0 Å². The molecule has 0 atom stereocenters. The van der Waals surface area contributed by atoms with E-state index in [0.29, 0.717) is 10.8 Å². The number of rotatable bonds is 6. The van der Waals surface area contributed by atoms with Crippen molar-refractivity contribution in [3.05, 3.63) is 53.1 Å². The summed E-state index contributed by atoms with van der Waals surface area (Å²) in [4.78, 5) is 16.9. The van der Waals surface area contributed by atoms with Gasteiger partial charge in [0, 0.05) is 17.3 Å². The number of benzene rings is 2. The Labute approximate surface area is 156 Å². The minimum absolute atomic E-state index is 0.0348. The van der Waals surface area contributed by atoms with Gasteiger partial charge in [0.05, 0.1) is 16.8 Å². The molecule has 1 amide bonds. The van der Waals surface area contributed by atoms with E-state index < -0.39 is 0 Å². The number of aromatic nitrogens is 2. The Morgan fingerprint density at radius 1 is 1.28 bits per heavy atom. The van der Waals surface area contributed by atoms with E-state index in [4.69, 9.17) is 11.6 Å². The zero-order chi connectivity index (χ0) is 17.8. The van der Waals surface area contributed by atoms with E-state index in [2.05, 4.69) is 21.8 Å². The topological polar surface area (TPSA) is 46.9 Å². The van der Waals surface area contributed by atoms with E-state index in [1.165, 1.54) is 11.8 Å². The number of para-hydroxylation sites is 1. The molecule has 0 saturated carbocycles. The molecule has 0 radical (unpaired) electrons. The van der Waals surface area contributed by atoms with Crippen molar-refractivity contribution in [2.75, 3.05) is 11.1 Å². The molecule has 0 aliphatic rings. The Morgan fingerprint density at radius 3 is 2.84 bits per heavy atom. The second-order valence-corrected chi connectivity index (χ2v) is 7.21. The highest BCUT2D eigenvalue weighted by Crippen LogP contribution is 2.27. The van der Waals surface area contributed by atoms with E-state index in [1.807, 2.05) is 49.4 Å². The molecule has 6 heteroatoms. The zero-order valence-electron chi connectivity index (χ0n) is 14.3. The van der Waals surface area contributed by atoms with Crippen molar-refractivity contribution >= 4 is 46.0 Å². The lowest BCUT2D eigenvalue weighted by Gasteiger charge is -2.09. The summed E-state index contributed by atoms with van der Waals surface area (Å²) < 4.78 is 2.15. The SMILES string of the molecule is CCCn1c(SCC(=O)Nc2ccccc2C)nc2cc(Cl)ccc21. The summed E-state index contributed by atoms with van der Waals surface area (Å²) in [6.07, 6.45) is 0.997. The summed E-state index contributed by atoms with van der Waals surface area (Å²) in [6.45, 7) is 4.97. The van der Waals surface area contributed by atoms with Crippen LogP contribution in [-0.4, -0.2) is 21.2 Å². The average molecular weight is 374 g/mol. The summed E-state index contributed by atoms with van der Waals surface area (Å²) in [5, 5.41) is 4.47. The lowest BCUT2D eigenvalue weighted by atomic mass is 10.2. The van der Waals surface area contributed by atoms with Gasteiger partial charge in [-0.15, -0.1) is 0 Å². The van der Waals surface area contributed by atoms with Crippen molar-refractivity contribution in [1.29, 1.82) is 0 Å². The molecule has 0 aliphatic heterocycles. The molecule has 1 aromatic heterocycles. The third-order valence-electron chi connectivity index (χ3n) is 3.87. The van der Waals surface area contributed by atoms with Crippen molar-refractivity contribution in [2.45, 2.75) is 32.0 Å². The van der Waals surface area contributed by atoms with Gasteiger partial charge >= 0.3 is 0 Å². The number of imidazole rings is 1. The molecule has 25 heavy (non-hydrogen) atoms. The van der Waals surface area contributed by atoms with E-state index in [9.17, 15) is 4.79 Å². The highest BCUT2D eigenvalue weighted by Gasteiger charge is 2.13. The fourth-order valence-corrected chi connectivity index (χ4v) is 3.67. The van der Waals surface area contributed by atoms with Gasteiger partial charge in [0.1, 0.15) is 0 Å². The van der Waals surface area contributed by atoms with Gasteiger partial charge in [-0.1, -0.05) is 48.5 Å². The highest BCUT2D eigenvalue weighted by atomic mass is 35.5. The molecule has 0 unspecified atom stereocenters. The number of hydrogen-bond acceptors (Lipinski definition) is 3. The van der Waals surface area contributed by atoms with Crippen molar-refractivity contribution in [3.63, 3.8) is 0 Å². The fraction of sp³-hybridized carbons (Fsp3) is 0.263. The molecular weight excluding hydrogens is 354 g/mol. The van der Waals surface area contributed by atoms with Crippen LogP contribution in [0.4, 0.5) is 5.69 Å². The minimum atomic E-state index is -0.0348. The lowest BCUT2D eigenvalue weighted by molar-refractivity contribution is -0.113. The van der Waals surface area contributed by atoms with Crippen molar-refractivity contribution in [1.82, 2.24) is 9.55 Å². The van der Waals surface area contributed by atoms with Crippen LogP contribution in [0.2, 0.25) is 5.02 Å². The van der Waals surface area contributed by atoms with Gasteiger partial charge in [-0.05, 0) is 43.2 Å². The molecule has 3 rings (SSSR count). The van der Waals surface area contributed by atoms with E-state index >= 15 is 0 Å². The second kappa shape index (κ2) is 7.93. The quantitative estimate of drug-likeness (QED) is 0.608. The van der Waals surface area contributed by atoms with Crippen molar-refractivity contribution in [2.24, 2.45) is 0 Å². The largest absolute Gasteiger partial charge is 0.325 e. The Morgan fingerprint density at radius 2 is 2.08 bits per heavy atom. The zero-order valence-corrected chi connectivity index (χ0v) is 15.8. The number of nitrogens with one attached hydrogen (secondary N) is 1. The van der Waals surface area contributed by atoms with Crippen LogP contribution >= 0.6 is 23.4 Å². The highest BCUT2D eigenvalue weighted by molar-refractivity contribution is 7.99. The first-order valence-corrected chi connectivity index (χ1v) is 9.59. The van der Waals surface area contributed by atoms with Gasteiger partial charge in [-0.2, -0.15) is 0 Å². The van der Waals surface area contributed by atoms with E-state index in [-0.39, 0.29) is 5.91 Å². The third kappa shape index (κ3) is 4.17. The Balaban J connectivity index is 1.75. The molecule has 0 fully saturated rings. The molecule has 0 spiro atoms. The molecule has 1 N–H and O–H groups in total. The Kier molecular flexibility index (Phi) is 5.66. The summed E-state index contributed by atoms with van der Waals surface area (Å²) >= 11 is 7.52. The molecule has 1 heterocycles. The summed E-state index contributed by atoms with van der Waals surface area (Å²) in [5.74, 6) is 0.280. The number of carbonyl (C=O) groups excluding carboxylic acids is 1. The van der Waals surface area contributed by atoms with Gasteiger partial charge in [0.15, 0.2) is 5.16 Å². The van der Waals surface area contributed by atoms with Crippen LogP contribution in [0, 0.1) is 6.92 Å². The Bertz CT molecular complexity index is 907. The van der Waals surface area contributed by atoms with Gasteiger partial charge in [0.25, 0.3) is 0 Å². The second-order valence-electron chi connectivity index (χ2n) is 5.83. The predicted octanol–water partition coefficient (Wildman–Crippen LogP) is 5.14. The standard InChI is InChI=1S/C19H20ClN3OS/c1-3-10-23-17-9-8-14(20)11-16(17)22-19(23)25-12-18(24)21-15-7-5-4-6-13(15)2/h4-9,11H,3,10,12H2,1-2H3,(H,21,24). The number of amides is 1. The normalized spacial score (nSPS) is 11.0. The molecule has 0 aliphatic carbocycles. The summed E-state index contributed by atoms with van der Waals surface area (Å²) in [5.41, 5.74) is 3.81. The number of fused-ring (bicyclic) bond motifs is 1. The maximum absolute atomic E-state index is 12.3. The third-order valence-corrected chi connectivity index (χ3v) is 5.09. The number of aryl methyl sites for hydroxylation is 2. The number of hydrogen-bond donors (Lipinski definition) is 1. The predicted molar refractivity (Wildman–Crippen MR) is 106 cm³/mol. The fourth-order valence-electron chi connectivity index (χ4n) is 2.66. The summed E-state index contributed by atoms with van der Waals surface area (Å²) in [6, 6.07) is 13.5. The molecule has 2 aromatic carbocycles. The molecule has 0 saturated heterocycles. The molecular formula is C19H20ClN3OS. The van der Waals surface area contributed by atoms with Gasteiger partial charge in [0.2, 0.25) is 5.91 Å². The smallest absolute Gasteiger partial charge is 0.234 e. The minimum Gasteiger partial charge on any atom is -0.325 e. The first-order valence-electron chi connectivity index (χ1n) is 8.22. The van der Waals surface area contributed by atoms with Crippen LogP contribution in [0.3, 0.4) is 0 Å². The summed E-state index contributed by atoms with van der Waals surface area (Å²) in [7, 11) is 0. The van der Waals surface area contributed by atoms with Crippen LogP contribution in [0.15, 0.2) is 47.6 Å². The van der Waals surface area contributed by atoms with Gasteiger partial charge < -0.3 is 9.88 Å². The van der Waals surface area contributed by atoms with Crippen LogP contribution in [0.5, 0.6) is 0 Å². The van der Waals surface area contributed by atoms with E-state index in [1.54, 1.807) is 0 Å². The van der Waals surface area contributed by atoms with Gasteiger partial charge in [-0.25, -0.2) is 4.98 Å². The maximum Gasteiger partial charge on any atom is 0.234 e. The first-order chi connectivity index (χ1) is 12.1.